The zero-order chi connectivity index (χ0) is 22.2. The average molecular weight is 481 g/mol. The number of rotatable bonds is 10. The predicted octanol–water partition coefficient (Wildman–Crippen LogP) is 6.45. The molecule has 7 heteroatoms. The molecule has 0 bridgehead atoms. The van der Waals surface area contributed by atoms with Crippen LogP contribution in [0.1, 0.15) is 29.7 Å². The lowest BCUT2D eigenvalue weighted by molar-refractivity contribution is 0.174. The molecule has 0 radical (unpaired) electrons. The van der Waals surface area contributed by atoms with E-state index in [1.165, 1.54) is 0 Å². The molecule has 0 spiro atoms. The van der Waals surface area contributed by atoms with Crippen LogP contribution in [0.4, 0.5) is 0 Å². The average Bonchev–Trinajstić information content (AvgIpc) is 2.75. The molecule has 2 N–H and O–H groups in total. The second kappa shape index (κ2) is 11.6. The Morgan fingerprint density at radius 3 is 2.42 bits per heavy atom. The van der Waals surface area contributed by atoms with Gasteiger partial charge in [-0.05, 0) is 42.3 Å². The Kier molecular flexibility index (Phi) is 8.88. The SMILES string of the molecule is CCOc1cc(CNC[C@@H](O)c2ccccc2)cc(Cl)c1OCc1ccc(Cl)cc1Cl. The second-order valence-corrected chi connectivity index (χ2v) is 8.17. The van der Waals surface area contributed by atoms with Crippen molar-refractivity contribution in [1.82, 2.24) is 5.32 Å². The minimum absolute atomic E-state index is 0.233. The molecular weight excluding hydrogens is 457 g/mol. The lowest BCUT2D eigenvalue weighted by Gasteiger charge is -2.17. The zero-order valence-corrected chi connectivity index (χ0v) is 19.3. The molecule has 3 aromatic rings. The van der Waals surface area contributed by atoms with Crippen LogP contribution < -0.4 is 14.8 Å². The minimum atomic E-state index is -0.588. The third-order valence-corrected chi connectivity index (χ3v) is 5.48. The lowest BCUT2D eigenvalue weighted by Crippen LogP contribution is -2.21. The molecule has 0 fully saturated rings. The second-order valence-electron chi connectivity index (χ2n) is 6.92. The third kappa shape index (κ3) is 6.76. The number of aliphatic hydroxyl groups is 1. The largest absolute Gasteiger partial charge is 0.490 e. The van der Waals surface area contributed by atoms with Crippen molar-refractivity contribution in [3.63, 3.8) is 0 Å². The van der Waals surface area contributed by atoms with Crippen molar-refractivity contribution in [3.8, 4) is 11.5 Å². The van der Waals surface area contributed by atoms with Gasteiger partial charge in [-0.15, -0.1) is 0 Å². The van der Waals surface area contributed by atoms with E-state index in [1.807, 2.05) is 55.5 Å². The molecule has 0 heterocycles. The molecule has 0 aliphatic rings. The van der Waals surface area contributed by atoms with E-state index in [9.17, 15) is 5.11 Å². The number of ether oxygens (including phenoxy) is 2. The molecule has 1 atom stereocenters. The first-order chi connectivity index (χ1) is 15.0. The van der Waals surface area contributed by atoms with Gasteiger partial charge in [-0.2, -0.15) is 0 Å². The Hall–Kier alpha value is -1.95. The van der Waals surface area contributed by atoms with E-state index in [0.29, 0.717) is 46.3 Å². The highest BCUT2D eigenvalue weighted by Crippen LogP contribution is 2.37. The van der Waals surface area contributed by atoms with Crippen LogP contribution in [0.2, 0.25) is 15.1 Å². The smallest absolute Gasteiger partial charge is 0.180 e. The molecule has 0 saturated carbocycles. The summed E-state index contributed by atoms with van der Waals surface area (Å²) in [4.78, 5) is 0. The maximum absolute atomic E-state index is 10.3. The van der Waals surface area contributed by atoms with Crippen LogP contribution in [0.3, 0.4) is 0 Å². The van der Waals surface area contributed by atoms with Gasteiger partial charge in [0.25, 0.3) is 0 Å². The molecule has 0 unspecified atom stereocenters. The Labute approximate surface area is 197 Å². The van der Waals surface area contributed by atoms with Crippen LogP contribution >= 0.6 is 34.8 Å². The fraction of sp³-hybridized carbons (Fsp3) is 0.250. The van der Waals surface area contributed by atoms with Crippen molar-refractivity contribution in [2.75, 3.05) is 13.2 Å². The van der Waals surface area contributed by atoms with Crippen LogP contribution in [0.25, 0.3) is 0 Å². The molecule has 0 aromatic heterocycles. The standard InChI is InChI=1S/C24H24Cl3NO3/c1-2-30-23-11-16(13-28-14-22(29)17-6-4-3-5-7-17)10-21(27)24(23)31-15-18-8-9-19(25)12-20(18)26/h3-12,22,28-29H,2,13-15H2,1H3/t22-/m1/s1. The predicted molar refractivity (Wildman–Crippen MR) is 127 cm³/mol. The maximum atomic E-state index is 10.3. The summed E-state index contributed by atoms with van der Waals surface area (Å²) >= 11 is 18.7. The van der Waals surface area contributed by atoms with Crippen molar-refractivity contribution in [1.29, 1.82) is 0 Å². The van der Waals surface area contributed by atoms with Gasteiger partial charge >= 0.3 is 0 Å². The van der Waals surface area contributed by atoms with Crippen LogP contribution in [-0.4, -0.2) is 18.3 Å². The molecule has 164 valence electrons. The number of halogens is 3. The third-order valence-electron chi connectivity index (χ3n) is 4.61. The monoisotopic (exact) mass is 479 g/mol. The molecule has 3 aromatic carbocycles. The van der Waals surface area contributed by atoms with Crippen LogP contribution in [0, 0.1) is 0 Å². The number of nitrogens with one attached hydrogen (secondary N) is 1. The van der Waals surface area contributed by atoms with Gasteiger partial charge in [-0.1, -0.05) is 71.2 Å². The summed E-state index contributed by atoms with van der Waals surface area (Å²) in [5, 5.41) is 15.1. The van der Waals surface area contributed by atoms with Gasteiger partial charge < -0.3 is 19.9 Å². The van der Waals surface area contributed by atoms with Crippen LogP contribution in [0.15, 0.2) is 60.7 Å². The summed E-state index contributed by atoms with van der Waals surface area (Å²) in [6.07, 6.45) is -0.588. The quantitative estimate of drug-likeness (QED) is 0.350. The van der Waals surface area contributed by atoms with Gasteiger partial charge in [0.15, 0.2) is 11.5 Å². The Morgan fingerprint density at radius 2 is 1.71 bits per heavy atom. The van der Waals surface area contributed by atoms with Gasteiger partial charge in [0, 0.05) is 28.7 Å². The van der Waals surface area contributed by atoms with E-state index in [-0.39, 0.29) is 6.61 Å². The van der Waals surface area contributed by atoms with E-state index in [1.54, 1.807) is 12.1 Å². The summed E-state index contributed by atoms with van der Waals surface area (Å²) in [6.45, 7) is 3.54. The first-order valence-electron chi connectivity index (χ1n) is 9.93. The number of hydrogen-bond donors (Lipinski definition) is 2. The topological polar surface area (TPSA) is 50.7 Å². The molecular formula is C24H24Cl3NO3. The Bertz CT molecular complexity index is 999. The summed E-state index contributed by atoms with van der Waals surface area (Å²) in [5.41, 5.74) is 2.59. The lowest BCUT2D eigenvalue weighted by atomic mass is 10.1. The number of aliphatic hydroxyl groups excluding tert-OH is 1. The first-order valence-corrected chi connectivity index (χ1v) is 11.1. The fourth-order valence-corrected chi connectivity index (χ4v) is 3.81. The van der Waals surface area contributed by atoms with E-state index in [4.69, 9.17) is 44.3 Å². The van der Waals surface area contributed by atoms with Crippen molar-refractivity contribution < 1.29 is 14.6 Å². The van der Waals surface area contributed by atoms with Gasteiger partial charge in [0.05, 0.1) is 17.7 Å². The van der Waals surface area contributed by atoms with Gasteiger partial charge in [-0.3, -0.25) is 0 Å². The summed E-state index contributed by atoms with van der Waals surface area (Å²) in [6, 6.07) is 18.5. The van der Waals surface area contributed by atoms with Crippen molar-refractivity contribution in [3.05, 3.63) is 92.4 Å². The molecule has 4 nitrogen and oxygen atoms in total. The van der Waals surface area contributed by atoms with Crippen molar-refractivity contribution in [2.24, 2.45) is 0 Å². The molecule has 0 aliphatic carbocycles. The van der Waals surface area contributed by atoms with Gasteiger partial charge in [0.1, 0.15) is 6.61 Å². The van der Waals surface area contributed by atoms with E-state index in [0.717, 1.165) is 16.7 Å². The highest BCUT2D eigenvalue weighted by molar-refractivity contribution is 6.35. The number of benzene rings is 3. The fourth-order valence-electron chi connectivity index (χ4n) is 3.06. The van der Waals surface area contributed by atoms with E-state index in [2.05, 4.69) is 5.32 Å². The van der Waals surface area contributed by atoms with E-state index < -0.39 is 6.10 Å². The molecule has 0 amide bonds. The highest BCUT2D eigenvalue weighted by atomic mass is 35.5. The zero-order valence-electron chi connectivity index (χ0n) is 17.1. The van der Waals surface area contributed by atoms with Gasteiger partial charge in [0.2, 0.25) is 0 Å². The molecule has 3 rings (SSSR count). The van der Waals surface area contributed by atoms with Crippen LogP contribution in [0.5, 0.6) is 11.5 Å². The van der Waals surface area contributed by atoms with Crippen molar-refractivity contribution >= 4 is 34.8 Å². The normalized spacial score (nSPS) is 11.9. The first kappa shape index (κ1) is 23.7. The molecule has 31 heavy (non-hydrogen) atoms. The van der Waals surface area contributed by atoms with Crippen LogP contribution in [-0.2, 0) is 13.2 Å². The minimum Gasteiger partial charge on any atom is -0.490 e. The maximum Gasteiger partial charge on any atom is 0.180 e. The van der Waals surface area contributed by atoms with Gasteiger partial charge in [-0.25, -0.2) is 0 Å². The molecule has 0 aliphatic heterocycles. The summed E-state index contributed by atoms with van der Waals surface area (Å²) in [5.74, 6) is 1.02. The summed E-state index contributed by atoms with van der Waals surface area (Å²) in [7, 11) is 0. The van der Waals surface area contributed by atoms with E-state index >= 15 is 0 Å². The highest BCUT2D eigenvalue weighted by Gasteiger charge is 2.14. The Balaban J connectivity index is 1.66. The number of hydrogen-bond acceptors (Lipinski definition) is 4. The van der Waals surface area contributed by atoms with Crippen molar-refractivity contribution in [2.45, 2.75) is 26.2 Å². The summed E-state index contributed by atoms with van der Waals surface area (Å²) < 4.78 is 11.7. The molecule has 0 saturated heterocycles. The Morgan fingerprint density at radius 1 is 0.935 bits per heavy atom.